The van der Waals surface area contributed by atoms with Crippen LogP contribution >= 0.6 is 0 Å². The largest absolute Gasteiger partial charge is 0.370 e. The summed E-state index contributed by atoms with van der Waals surface area (Å²) < 4.78 is 0. The van der Waals surface area contributed by atoms with E-state index in [4.69, 9.17) is 4.98 Å². The first-order valence-corrected chi connectivity index (χ1v) is 8.67. The third kappa shape index (κ3) is 2.54. The number of fused-ring (bicyclic) bond motifs is 1. The zero-order chi connectivity index (χ0) is 17.3. The highest BCUT2D eigenvalue weighted by Crippen LogP contribution is 2.34. The SMILES string of the molecule is c1ccc(-c2nc(-c3cnc4c(c3)CCN4)c(-c3ccncc3)[nH]2)cc1. The third-order valence-electron chi connectivity index (χ3n) is 4.65. The van der Waals surface area contributed by atoms with E-state index >= 15 is 0 Å². The maximum Gasteiger partial charge on any atom is 0.138 e. The number of aromatic nitrogens is 4. The van der Waals surface area contributed by atoms with Crippen LogP contribution < -0.4 is 5.32 Å². The van der Waals surface area contributed by atoms with Gasteiger partial charge in [0, 0.05) is 41.8 Å². The predicted octanol–water partition coefficient (Wildman–Crippen LogP) is 4.17. The maximum absolute atomic E-state index is 4.92. The lowest BCUT2D eigenvalue weighted by molar-refractivity contribution is 1.11. The third-order valence-corrected chi connectivity index (χ3v) is 4.65. The molecule has 0 unspecified atom stereocenters. The van der Waals surface area contributed by atoms with Crippen molar-refractivity contribution in [3.05, 3.63) is 72.7 Å². The Labute approximate surface area is 151 Å². The van der Waals surface area contributed by atoms with E-state index < -0.39 is 0 Å². The Balaban J connectivity index is 1.69. The molecule has 3 aromatic heterocycles. The molecule has 4 aromatic rings. The molecule has 2 N–H and O–H groups in total. The molecule has 26 heavy (non-hydrogen) atoms. The Morgan fingerprint density at radius 1 is 0.885 bits per heavy atom. The van der Waals surface area contributed by atoms with Gasteiger partial charge in [0.2, 0.25) is 0 Å². The molecule has 5 nitrogen and oxygen atoms in total. The molecule has 0 atom stereocenters. The molecule has 0 fully saturated rings. The number of hydrogen-bond acceptors (Lipinski definition) is 4. The van der Waals surface area contributed by atoms with Crippen LogP contribution in [0.2, 0.25) is 0 Å². The summed E-state index contributed by atoms with van der Waals surface area (Å²) in [6.45, 7) is 0.943. The normalized spacial score (nSPS) is 12.6. The zero-order valence-corrected chi connectivity index (χ0v) is 14.1. The molecule has 0 aliphatic carbocycles. The van der Waals surface area contributed by atoms with Crippen LogP contribution in [0.4, 0.5) is 5.82 Å². The van der Waals surface area contributed by atoms with E-state index in [0.29, 0.717) is 0 Å². The first-order valence-electron chi connectivity index (χ1n) is 8.67. The topological polar surface area (TPSA) is 66.5 Å². The molecule has 0 saturated heterocycles. The highest BCUT2D eigenvalue weighted by atomic mass is 15.0. The van der Waals surface area contributed by atoms with Gasteiger partial charge in [0.1, 0.15) is 11.6 Å². The molecule has 0 spiro atoms. The summed E-state index contributed by atoms with van der Waals surface area (Å²) in [5.74, 6) is 1.84. The van der Waals surface area contributed by atoms with Gasteiger partial charge in [0.15, 0.2) is 0 Å². The lowest BCUT2D eigenvalue weighted by Crippen LogP contribution is -1.93. The number of imidazole rings is 1. The number of nitrogens with one attached hydrogen (secondary N) is 2. The number of benzene rings is 1. The van der Waals surface area contributed by atoms with Gasteiger partial charge in [0.25, 0.3) is 0 Å². The van der Waals surface area contributed by atoms with E-state index in [9.17, 15) is 0 Å². The van der Waals surface area contributed by atoms with E-state index in [-0.39, 0.29) is 0 Å². The van der Waals surface area contributed by atoms with Gasteiger partial charge < -0.3 is 10.3 Å². The minimum atomic E-state index is 0.853. The summed E-state index contributed by atoms with van der Waals surface area (Å²) in [5.41, 5.74) is 6.29. The molecule has 1 aliphatic heterocycles. The average molecular weight is 339 g/mol. The summed E-state index contributed by atoms with van der Waals surface area (Å²) in [6.07, 6.45) is 6.49. The van der Waals surface area contributed by atoms with Gasteiger partial charge in [-0.15, -0.1) is 0 Å². The molecule has 0 bridgehead atoms. The number of pyridine rings is 2. The maximum atomic E-state index is 4.92. The van der Waals surface area contributed by atoms with Crippen LogP contribution in [-0.2, 0) is 6.42 Å². The van der Waals surface area contributed by atoms with Gasteiger partial charge in [-0.1, -0.05) is 30.3 Å². The summed E-state index contributed by atoms with van der Waals surface area (Å²) in [5, 5.41) is 3.31. The van der Waals surface area contributed by atoms with Gasteiger partial charge >= 0.3 is 0 Å². The summed E-state index contributed by atoms with van der Waals surface area (Å²) >= 11 is 0. The van der Waals surface area contributed by atoms with Crippen LogP contribution in [-0.4, -0.2) is 26.5 Å². The fourth-order valence-electron chi connectivity index (χ4n) is 3.35. The van der Waals surface area contributed by atoms with Crippen molar-refractivity contribution in [2.24, 2.45) is 0 Å². The van der Waals surface area contributed by atoms with E-state index in [1.807, 2.05) is 36.5 Å². The smallest absolute Gasteiger partial charge is 0.138 e. The van der Waals surface area contributed by atoms with E-state index in [0.717, 1.165) is 52.7 Å². The van der Waals surface area contributed by atoms with E-state index in [2.05, 4.69) is 38.5 Å². The van der Waals surface area contributed by atoms with E-state index in [1.165, 1.54) is 5.56 Å². The quantitative estimate of drug-likeness (QED) is 0.588. The van der Waals surface area contributed by atoms with Crippen LogP contribution in [0.15, 0.2) is 67.1 Å². The Bertz CT molecular complexity index is 1050. The number of hydrogen-bond donors (Lipinski definition) is 2. The Morgan fingerprint density at radius 3 is 2.58 bits per heavy atom. The molecule has 4 heterocycles. The second-order valence-electron chi connectivity index (χ2n) is 6.32. The molecule has 0 saturated carbocycles. The molecule has 0 amide bonds. The minimum absolute atomic E-state index is 0.853. The van der Waals surface area contributed by atoms with Gasteiger partial charge in [-0.2, -0.15) is 0 Å². The fraction of sp³-hybridized carbons (Fsp3) is 0.0952. The van der Waals surface area contributed by atoms with Crippen molar-refractivity contribution in [3.63, 3.8) is 0 Å². The number of rotatable bonds is 3. The fourth-order valence-corrected chi connectivity index (χ4v) is 3.35. The lowest BCUT2D eigenvalue weighted by Gasteiger charge is -2.05. The highest BCUT2D eigenvalue weighted by molar-refractivity contribution is 5.81. The summed E-state index contributed by atoms with van der Waals surface area (Å²) in [7, 11) is 0. The van der Waals surface area contributed by atoms with Gasteiger partial charge in [0.05, 0.1) is 11.4 Å². The number of aromatic amines is 1. The first-order chi connectivity index (χ1) is 12.9. The predicted molar refractivity (Wildman–Crippen MR) is 103 cm³/mol. The van der Waals surface area contributed by atoms with Crippen molar-refractivity contribution in [1.82, 2.24) is 19.9 Å². The van der Waals surface area contributed by atoms with E-state index in [1.54, 1.807) is 12.4 Å². The Kier molecular flexibility index (Phi) is 3.49. The summed E-state index contributed by atoms with van der Waals surface area (Å²) in [6, 6.07) is 16.3. The van der Waals surface area contributed by atoms with Gasteiger partial charge in [-0.25, -0.2) is 9.97 Å². The standard InChI is InChI=1S/C21H17N5/c1-2-4-15(5-3-1)21-25-18(14-6-9-22-10-7-14)19(26-21)17-12-16-8-11-23-20(16)24-13-17/h1-7,9-10,12-13H,8,11H2,(H,23,24)(H,25,26). The van der Waals surface area contributed by atoms with Crippen LogP contribution in [0.5, 0.6) is 0 Å². The number of anilines is 1. The van der Waals surface area contributed by atoms with Crippen LogP contribution in [0.3, 0.4) is 0 Å². The van der Waals surface area contributed by atoms with Crippen molar-refractivity contribution in [2.75, 3.05) is 11.9 Å². The van der Waals surface area contributed by atoms with Crippen molar-refractivity contribution >= 4 is 5.82 Å². The lowest BCUT2D eigenvalue weighted by atomic mass is 10.1. The molecule has 1 aromatic carbocycles. The summed E-state index contributed by atoms with van der Waals surface area (Å²) in [4.78, 5) is 17.1. The van der Waals surface area contributed by atoms with Crippen molar-refractivity contribution < 1.29 is 0 Å². The molecule has 0 radical (unpaired) electrons. The monoisotopic (exact) mass is 339 g/mol. The van der Waals surface area contributed by atoms with Crippen LogP contribution in [0.25, 0.3) is 33.9 Å². The van der Waals surface area contributed by atoms with Crippen molar-refractivity contribution in [3.8, 4) is 33.9 Å². The molecule has 1 aliphatic rings. The minimum Gasteiger partial charge on any atom is -0.370 e. The van der Waals surface area contributed by atoms with Crippen LogP contribution in [0, 0.1) is 0 Å². The first kappa shape index (κ1) is 14.8. The van der Waals surface area contributed by atoms with Gasteiger partial charge in [-0.05, 0) is 30.2 Å². The number of nitrogens with zero attached hydrogens (tertiary/aromatic N) is 3. The molecular formula is C21H17N5. The number of H-pyrrole nitrogens is 1. The Morgan fingerprint density at radius 2 is 1.73 bits per heavy atom. The second-order valence-corrected chi connectivity index (χ2v) is 6.32. The molecule has 5 rings (SSSR count). The highest BCUT2D eigenvalue weighted by Gasteiger charge is 2.18. The Hall–Kier alpha value is -3.47. The zero-order valence-electron chi connectivity index (χ0n) is 14.1. The second kappa shape index (κ2) is 6.11. The van der Waals surface area contributed by atoms with Crippen LogP contribution in [0.1, 0.15) is 5.56 Å². The molecular weight excluding hydrogens is 322 g/mol. The molecule has 5 heteroatoms. The van der Waals surface area contributed by atoms with Crippen molar-refractivity contribution in [1.29, 1.82) is 0 Å². The average Bonchev–Trinajstić information content (AvgIpc) is 3.36. The molecule has 126 valence electrons. The van der Waals surface area contributed by atoms with Gasteiger partial charge in [-0.3, -0.25) is 4.98 Å². The van der Waals surface area contributed by atoms with Crippen molar-refractivity contribution in [2.45, 2.75) is 6.42 Å².